The summed E-state index contributed by atoms with van der Waals surface area (Å²) in [5, 5.41) is 0. The smallest absolute Gasteiger partial charge is 0.211 e. The lowest BCUT2D eigenvalue weighted by molar-refractivity contribution is -0.0438. The van der Waals surface area contributed by atoms with Crippen molar-refractivity contribution < 1.29 is 13.2 Å². The summed E-state index contributed by atoms with van der Waals surface area (Å²) < 4.78 is 30.1. The van der Waals surface area contributed by atoms with Crippen LogP contribution in [0.4, 0.5) is 0 Å². The van der Waals surface area contributed by atoms with Crippen molar-refractivity contribution >= 4 is 10.0 Å². The molecule has 1 aliphatic rings. The van der Waals surface area contributed by atoms with Gasteiger partial charge in [0.15, 0.2) is 0 Å². The van der Waals surface area contributed by atoms with Gasteiger partial charge in [-0.2, -0.15) is 0 Å². The Morgan fingerprint density at radius 1 is 1.29 bits per heavy atom. The quantitative estimate of drug-likeness (QED) is 0.760. The van der Waals surface area contributed by atoms with E-state index in [0.29, 0.717) is 19.0 Å². The van der Waals surface area contributed by atoms with E-state index < -0.39 is 10.0 Å². The van der Waals surface area contributed by atoms with Crippen LogP contribution in [-0.2, 0) is 14.8 Å². The Balaban J connectivity index is 2.33. The fraction of sp³-hybridized carbons (Fsp3) is 1.00. The zero-order valence-corrected chi connectivity index (χ0v) is 12.2. The third-order valence-electron chi connectivity index (χ3n) is 3.60. The van der Waals surface area contributed by atoms with Crippen LogP contribution in [0.1, 0.15) is 40.0 Å². The molecule has 1 heterocycles. The molecule has 0 saturated carbocycles. The first-order chi connectivity index (χ1) is 7.74. The van der Waals surface area contributed by atoms with Gasteiger partial charge < -0.3 is 4.74 Å². The first-order valence-electron chi connectivity index (χ1n) is 6.33. The van der Waals surface area contributed by atoms with E-state index in [4.69, 9.17) is 4.74 Å². The molecular weight excluding hydrogens is 238 g/mol. The highest BCUT2D eigenvalue weighted by molar-refractivity contribution is 7.88. The second-order valence-electron chi connectivity index (χ2n) is 5.53. The highest BCUT2D eigenvalue weighted by atomic mass is 32.2. The molecule has 0 aliphatic carbocycles. The molecule has 0 spiro atoms. The van der Waals surface area contributed by atoms with Crippen LogP contribution < -0.4 is 0 Å². The lowest BCUT2D eigenvalue weighted by Crippen LogP contribution is -2.39. The average Bonchev–Trinajstić information content (AvgIpc) is 2.26. The zero-order valence-electron chi connectivity index (χ0n) is 11.4. The van der Waals surface area contributed by atoms with Crippen molar-refractivity contribution in [2.75, 3.05) is 26.0 Å². The molecule has 0 atom stereocenters. The summed E-state index contributed by atoms with van der Waals surface area (Å²) in [6.45, 7) is 8.33. The normalized spacial score (nSPS) is 20.7. The van der Waals surface area contributed by atoms with E-state index in [1.165, 1.54) is 6.26 Å². The van der Waals surface area contributed by atoms with Crippen LogP contribution in [-0.4, -0.2) is 44.3 Å². The Hall–Kier alpha value is -0.130. The first kappa shape index (κ1) is 14.9. The van der Waals surface area contributed by atoms with Crippen LogP contribution in [0.25, 0.3) is 0 Å². The molecule has 4 nitrogen and oxygen atoms in total. The summed E-state index contributed by atoms with van der Waals surface area (Å²) in [6, 6.07) is 0. The van der Waals surface area contributed by atoms with Gasteiger partial charge in [-0.25, -0.2) is 12.7 Å². The largest absolute Gasteiger partial charge is 0.375 e. The molecular formula is C12H25NO3S. The average molecular weight is 263 g/mol. The summed E-state index contributed by atoms with van der Waals surface area (Å²) in [7, 11) is -3.00. The number of hydrogen-bond acceptors (Lipinski definition) is 3. The van der Waals surface area contributed by atoms with Gasteiger partial charge in [0.25, 0.3) is 0 Å². The molecule has 1 fully saturated rings. The Bertz CT molecular complexity index is 330. The minimum absolute atomic E-state index is 0.0615. The Labute approximate surface area is 105 Å². The fourth-order valence-electron chi connectivity index (χ4n) is 1.85. The monoisotopic (exact) mass is 263 g/mol. The SMILES string of the molecule is CCC(C)(C)OCC1CCN(S(C)(=O)=O)CC1. The molecule has 1 aliphatic heterocycles. The molecule has 1 saturated heterocycles. The molecule has 1 rings (SSSR count). The van der Waals surface area contributed by atoms with E-state index in [1.807, 2.05) is 0 Å². The third kappa shape index (κ3) is 4.94. The summed E-state index contributed by atoms with van der Waals surface area (Å²) in [6.07, 6.45) is 4.10. The van der Waals surface area contributed by atoms with Crippen LogP contribution in [0.2, 0.25) is 0 Å². The lowest BCUT2D eigenvalue weighted by atomic mass is 9.98. The van der Waals surface area contributed by atoms with Crippen molar-refractivity contribution in [3.05, 3.63) is 0 Å². The van der Waals surface area contributed by atoms with Crippen molar-refractivity contribution in [2.45, 2.75) is 45.6 Å². The predicted molar refractivity (Wildman–Crippen MR) is 69.5 cm³/mol. The van der Waals surface area contributed by atoms with Gasteiger partial charge in [-0.05, 0) is 39.0 Å². The molecule has 0 N–H and O–H groups in total. The van der Waals surface area contributed by atoms with Crippen LogP contribution in [0.5, 0.6) is 0 Å². The van der Waals surface area contributed by atoms with Crippen LogP contribution >= 0.6 is 0 Å². The van der Waals surface area contributed by atoms with Crippen LogP contribution in [0, 0.1) is 5.92 Å². The van der Waals surface area contributed by atoms with Crippen molar-refractivity contribution in [3.8, 4) is 0 Å². The number of ether oxygens (including phenoxy) is 1. The molecule has 0 amide bonds. The van der Waals surface area contributed by atoms with Gasteiger partial charge in [0.05, 0.1) is 18.5 Å². The maximum Gasteiger partial charge on any atom is 0.211 e. The molecule has 0 bridgehead atoms. The number of sulfonamides is 1. The number of nitrogens with zero attached hydrogens (tertiary/aromatic N) is 1. The molecule has 0 aromatic carbocycles. The summed E-state index contributed by atoms with van der Waals surface area (Å²) in [4.78, 5) is 0. The van der Waals surface area contributed by atoms with Crippen molar-refractivity contribution in [2.24, 2.45) is 5.92 Å². The molecule has 5 heteroatoms. The lowest BCUT2D eigenvalue weighted by Gasteiger charge is -2.32. The number of piperidine rings is 1. The van der Waals surface area contributed by atoms with Crippen LogP contribution in [0.3, 0.4) is 0 Å². The fourth-order valence-corrected chi connectivity index (χ4v) is 2.73. The van der Waals surface area contributed by atoms with Crippen molar-refractivity contribution in [3.63, 3.8) is 0 Å². The first-order valence-corrected chi connectivity index (χ1v) is 8.18. The van der Waals surface area contributed by atoms with E-state index >= 15 is 0 Å². The summed E-state index contributed by atoms with van der Waals surface area (Å²) >= 11 is 0. The molecule has 102 valence electrons. The molecule has 17 heavy (non-hydrogen) atoms. The van der Waals surface area contributed by atoms with Crippen molar-refractivity contribution in [1.29, 1.82) is 0 Å². The number of rotatable bonds is 5. The highest BCUT2D eigenvalue weighted by Gasteiger charge is 2.26. The standard InChI is InChI=1S/C12H25NO3S/c1-5-12(2,3)16-10-11-6-8-13(9-7-11)17(4,14)15/h11H,5-10H2,1-4H3. The minimum Gasteiger partial charge on any atom is -0.375 e. The second kappa shape index (κ2) is 5.67. The van der Waals surface area contributed by atoms with E-state index in [1.54, 1.807) is 4.31 Å². The zero-order chi connectivity index (χ0) is 13.1. The molecule has 0 radical (unpaired) electrons. The Morgan fingerprint density at radius 2 is 1.82 bits per heavy atom. The Kier molecular flexibility index (Phi) is 4.98. The topological polar surface area (TPSA) is 46.6 Å². The van der Waals surface area contributed by atoms with Gasteiger partial charge in [-0.1, -0.05) is 6.92 Å². The van der Waals surface area contributed by atoms with Gasteiger partial charge >= 0.3 is 0 Å². The summed E-state index contributed by atoms with van der Waals surface area (Å²) in [5.41, 5.74) is -0.0615. The number of hydrogen-bond donors (Lipinski definition) is 0. The highest BCUT2D eigenvalue weighted by Crippen LogP contribution is 2.22. The third-order valence-corrected chi connectivity index (χ3v) is 4.91. The second-order valence-corrected chi connectivity index (χ2v) is 7.51. The minimum atomic E-state index is -3.00. The molecule has 0 aromatic rings. The molecule has 0 aromatic heterocycles. The maximum atomic E-state index is 11.4. The predicted octanol–water partition coefficient (Wildman–Crippen LogP) is 1.86. The van der Waals surface area contributed by atoms with Crippen molar-refractivity contribution in [1.82, 2.24) is 4.31 Å². The van der Waals surface area contributed by atoms with E-state index in [-0.39, 0.29) is 5.60 Å². The van der Waals surface area contributed by atoms with Gasteiger partial charge in [0.1, 0.15) is 0 Å². The van der Waals surface area contributed by atoms with E-state index in [9.17, 15) is 8.42 Å². The van der Waals surface area contributed by atoms with Crippen LogP contribution in [0.15, 0.2) is 0 Å². The van der Waals surface area contributed by atoms with Gasteiger partial charge in [-0.3, -0.25) is 0 Å². The van der Waals surface area contributed by atoms with Gasteiger partial charge in [-0.15, -0.1) is 0 Å². The maximum absolute atomic E-state index is 11.4. The Morgan fingerprint density at radius 3 is 2.24 bits per heavy atom. The van der Waals surface area contributed by atoms with E-state index in [2.05, 4.69) is 20.8 Å². The summed E-state index contributed by atoms with van der Waals surface area (Å²) in [5.74, 6) is 0.499. The van der Waals surface area contributed by atoms with Gasteiger partial charge in [0.2, 0.25) is 10.0 Å². The van der Waals surface area contributed by atoms with Gasteiger partial charge in [0, 0.05) is 13.1 Å². The van der Waals surface area contributed by atoms with E-state index in [0.717, 1.165) is 25.9 Å². The molecule has 0 unspecified atom stereocenters.